The summed E-state index contributed by atoms with van der Waals surface area (Å²) in [5.41, 5.74) is 0. The first kappa shape index (κ1) is 16.2. The van der Waals surface area contributed by atoms with Crippen LogP contribution in [0.25, 0.3) is 0 Å². The fraction of sp³-hybridized carbons (Fsp3) is 1.00. The van der Waals surface area contributed by atoms with Gasteiger partial charge < -0.3 is 4.44 Å². The molecule has 0 aromatic carbocycles. The molecule has 0 saturated heterocycles. The van der Waals surface area contributed by atoms with Crippen LogP contribution in [0, 0.1) is 0 Å². The van der Waals surface area contributed by atoms with Crippen molar-refractivity contribution in [2.75, 3.05) is 13.2 Å². The van der Waals surface area contributed by atoms with Crippen LogP contribution >= 0.6 is 7.82 Å². The molecule has 74 valence electrons. The molecule has 0 unspecified atom stereocenters. The minimum absolute atomic E-state index is 0. The zero-order chi connectivity index (χ0) is 9.45. The number of phosphoric acid groups is 1. The van der Waals surface area contributed by atoms with Crippen LogP contribution in [-0.4, -0.2) is 40.1 Å². The van der Waals surface area contributed by atoms with E-state index in [0.29, 0.717) is 13.2 Å². The Labute approximate surface area is 92.9 Å². The molecule has 0 aliphatic rings. The summed E-state index contributed by atoms with van der Waals surface area (Å²) in [5.74, 6) is 0. The number of hydrogen-bond acceptors (Lipinski definition) is 4. The van der Waals surface area contributed by atoms with Crippen LogP contribution < -0.4 is 0 Å². The van der Waals surface area contributed by atoms with Crippen molar-refractivity contribution in [3.05, 3.63) is 0 Å². The number of phosphoric ester groups is 1. The molecule has 7 heteroatoms. The maximum atomic E-state index is 11.4. The van der Waals surface area contributed by atoms with Gasteiger partial charge in [-0.3, -0.25) is 9.05 Å². The number of hydrogen-bond donors (Lipinski definition) is 0. The van der Waals surface area contributed by atoms with Crippen molar-refractivity contribution < 1.29 is 18.1 Å². The Balaban J connectivity index is 0. The molecule has 0 amide bonds. The van der Waals surface area contributed by atoms with Gasteiger partial charge in [-0.05, 0) is 12.8 Å². The summed E-state index contributed by atoms with van der Waals surface area (Å²) in [4.78, 5) is 0. The van der Waals surface area contributed by atoms with E-state index >= 15 is 0 Å². The van der Waals surface area contributed by atoms with Gasteiger partial charge in [0, 0.05) is 0 Å². The van der Waals surface area contributed by atoms with Crippen molar-refractivity contribution in [2.45, 2.75) is 26.7 Å². The van der Waals surface area contributed by atoms with Crippen LogP contribution in [0.15, 0.2) is 0 Å². The molecule has 13 heavy (non-hydrogen) atoms. The Kier molecular flexibility index (Phi) is 11.6. The molecule has 0 fully saturated rings. The first-order valence-electron chi connectivity index (χ1n) is 4.13. The molecular weight excluding hydrogens is 185 g/mol. The van der Waals surface area contributed by atoms with Crippen molar-refractivity contribution >= 4 is 34.7 Å². The second-order valence-electron chi connectivity index (χ2n) is 2.30. The van der Waals surface area contributed by atoms with Crippen LogP contribution in [0.5, 0.6) is 0 Å². The van der Waals surface area contributed by atoms with Gasteiger partial charge in [-0.25, -0.2) is 4.57 Å². The van der Waals surface area contributed by atoms with Gasteiger partial charge in [0.1, 0.15) is 0 Å². The average Bonchev–Trinajstić information content (AvgIpc) is 2.11. The van der Waals surface area contributed by atoms with Crippen molar-refractivity contribution in [3.8, 4) is 0 Å². The fourth-order valence-electron chi connectivity index (χ4n) is 0.549. The molecule has 0 aliphatic carbocycles. The SMILES string of the molecule is BOP(=O)(OCCC)OCCC.[LiH]. The van der Waals surface area contributed by atoms with Crippen molar-refractivity contribution in [3.63, 3.8) is 0 Å². The quantitative estimate of drug-likeness (QED) is 0.453. The predicted molar refractivity (Wildman–Crippen MR) is 56.9 cm³/mol. The monoisotopic (exact) mass is 202 g/mol. The molecule has 4 nitrogen and oxygen atoms in total. The van der Waals surface area contributed by atoms with Gasteiger partial charge in [0.25, 0.3) is 8.05 Å². The van der Waals surface area contributed by atoms with Crippen LogP contribution in [0.3, 0.4) is 0 Å². The second-order valence-corrected chi connectivity index (χ2v) is 4.07. The molecule has 0 saturated carbocycles. The molecule has 0 aromatic heterocycles. The zero-order valence-corrected chi connectivity index (χ0v) is 8.80. The standard InChI is InChI=1S/C6H16BO4P.Li.H/c1-3-5-9-12(8,11-7)10-6-4-2;;/h3-7H2,1-2H3;;. The molecule has 0 heterocycles. The Bertz CT molecular complexity index is 146. The topological polar surface area (TPSA) is 44.8 Å². The van der Waals surface area contributed by atoms with E-state index in [1.54, 1.807) is 0 Å². The normalized spacial score (nSPS) is 10.9. The van der Waals surface area contributed by atoms with E-state index in [9.17, 15) is 4.57 Å². The summed E-state index contributed by atoms with van der Waals surface area (Å²) in [5, 5.41) is 0. The third kappa shape index (κ3) is 7.81. The van der Waals surface area contributed by atoms with Gasteiger partial charge in [-0.2, -0.15) is 0 Å². The first-order chi connectivity index (χ1) is 5.68. The van der Waals surface area contributed by atoms with E-state index in [0.717, 1.165) is 12.8 Å². The summed E-state index contributed by atoms with van der Waals surface area (Å²) in [7, 11) is -1.91. The molecule has 0 N–H and O–H groups in total. The van der Waals surface area contributed by atoms with E-state index < -0.39 is 7.82 Å². The molecule has 0 aromatic rings. The van der Waals surface area contributed by atoms with Gasteiger partial charge >= 0.3 is 26.7 Å². The summed E-state index contributed by atoms with van der Waals surface area (Å²) in [6, 6.07) is 0. The number of rotatable bonds is 7. The molecule has 0 spiro atoms. The van der Waals surface area contributed by atoms with Crippen LogP contribution in [-0.2, 0) is 18.1 Å². The predicted octanol–water partition coefficient (Wildman–Crippen LogP) is 0.864. The Hall–Kier alpha value is 0.772. The first-order valence-corrected chi connectivity index (χ1v) is 5.59. The van der Waals surface area contributed by atoms with Gasteiger partial charge in [0.2, 0.25) is 0 Å². The molecule has 0 radical (unpaired) electrons. The Morgan fingerprint density at radius 1 is 1.15 bits per heavy atom. The van der Waals surface area contributed by atoms with Crippen molar-refractivity contribution in [1.82, 2.24) is 0 Å². The third-order valence-corrected chi connectivity index (χ3v) is 2.58. The third-order valence-electron chi connectivity index (χ3n) is 1.13. The molecule has 0 atom stereocenters. The summed E-state index contributed by atoms with van der Waals surface area (Å²) >= 11 is 0. The van der Waals surface area contributed by atoms with E-state index in [-0.39, 0.29) is 18.9 Å². The Morgan fingerprint density at radius 2 is 1.54 bits per heavy atom. The minimum atomic E-state index is -3.23. The molecule has 0 rings (SSSR count). The van der Waals surface area contributed by atoms with Crippen molar-refractivity contribution in [1.29, 1.82) is 0 Å². The average molecular weight is 202 g/mol. The van der Waals surface area contributed by atoms with E-state index in [1.165, 1.54) is 8.05 Å². The summed E-state index contributed by atoms with van der Waals surface area (Å²) in [6.45, 7) is 4.66. The van der Waals surface area contributed by atoms with Gasteiger partial charge in [-0.15, -0.1) is 0 Å². The molecular formula is C6H17BLiO4P. The van der Waals surface area contributed by atoms with Gasteiger partial charge in [0.05, 0.1) is 13.2 Å². The Morgan fingerprint density at radius 3 is 1.77 bits per heavy atom. The fourth-order valence-corrected chi connectivity index (χ4v) is 1.65. The van der Waals surface area contributed by atoms with Crippen molar-refractivity contribution in [2.24, 2.45) is 0 Å². The second kappa shape index (κ2) is 9.33. The maximum absolute atomic E-state index is 11.4. The summed E-state index contributed by atoms with van der Waals surface area (Å²) < 4.78 is 26.0. The summed E-state index contributed by atoms with van der Waals surface area (Å²) in [6.07, 6.45) is 1.59. The zero-order valence-electron chi connectivity index (χ0n) is 7.91. The molecule has 0 aliphatic heterocycles. The van der Waals surface area contributed by atoms with E-state index in [1.807, 2.05) is 13.8 Å². The molecule has 0 bridgehead atoms. The van der Waals surface area contributed by atoms with Crippen LogP contribution in [0.4, 0.5) is 0 Å². The van der Waals surface area contributed by atoms with E-state index in [2.05, 4.69) is 4.44 Å². The van der Waals surface area contributed by atoms with Gasteiger partial charge in [0.15, 0.2) is 0 Å². The van der Waals surface area contributed by atoms with E-state index in [4.69, 9.17) is 9.05 Å². The van der Waals surface area contributed by atoms with Gasteiger partial charge in [-0.1, -0.05) is 13.8 Å². The van der Waals surface area contributed by atoms with Crippen LogP contribution in [0.2, 0.25) is 0 Å². The van der Waals surface area contributed by atoms with Crippen LogP contribution in [0.1, 0.15) is 26.7 Å².